The molecular weight excluding hydrogens is 691 g/mol. The van der Waals surface area contributed by atoms with E-state index in [4.69, 9.17) is 10.2 Å². The lowest BCUT2D eigenvalue weighted by atomic mass is 9.78. The number of nitrogen functional groups attached to an aromatic ring is 1. The zero-order chi connectivity index (χ0) is 37.9. The largest absolute Gasteiger partial charge is 0.456 e. The summed E-state index contributed by atoms with van der Waals surface area (Å²) in [6.07, 6.45) is 0.831. The molecule has 0 atom stereocenters. The Kier molecular flexibility index (Phi) is 7.75. The molecule has 2 heteroatoms. The van der Waals surface area contributed by atoms with Gasteiger partial charge in [0.05, 0.1) is 0 Å². The van der Waals surface area contributed by atoms with Crippen molar-refractivity contribution in [2.24, 2.45) is 0 Å². The van der Waals surface area contributed by atoms with Crippen LogP contribution in [0.25, 0.3) is 99.8 Å². The molecule has 1 aromatic heterocycles. The van der Waals surface area contributed by atoms with E-state index in [1.807, 2.05) is 12.1 Å². The zero-order valence-electron chi connectivity index (χ0n) is 31.2. The molecule has 57 heavy (non-hydrogen) atoms. The topological polar surface area (TPSA) is 39.2 Å². The van der Waals surface area contributed by atoms with Gasteiger partial charge in [-0.05, 0) is 103 Å². The number of para-hydroxylation sites is 1. The molecule has 0 spiro atoms. The third-order valence-electron chi connectivity index (χ3n) is 11.7. The number of hydrogen-bond acceptors (Lipinski definition) is 2. The van der Waals surface area contributed by atoms with Crippen molar-refractivity contribution in [2.45, 2.75) is 6.42 Å². The molecule has 0 aliphatic heterocycles. The molecule has 0 fully saturated rings. The summed E-state index contributed by atoms with van der Waals surface area (Å²) in [4.78, 5) is 0. The molecule has 0 radical (unpaired) electrons. The van der Waals surface area contributed by atoms with E-state index >= 15 is 0 Å². The molecule has 1 aliphatic carbocycles. The molecule has 0 saturated heterocycles. The Morgan fingerprint density at radius 1 is 0.351 bits per heavy atom. The second kappa shape index (κ2) is 13.4. The molecule has 11 rings (SSSR count). The summed E-state index contributed by atoms with van der Waals surface area (Å²) in [5.74, 6) is 0. The molecule has 2 nitrogen and oxygen atoms in total. The van der Waals surface area contributed by atoms with Crippen LogP contribution in [0.4, 0.5) is 5.69 Å². The lowest BCUT2D eigenvalue weighted by molar-refractivity contribution is 0.669. The van der Waals surface area contributed by atoms with Crippen LogP contribution in [-0.4, -0.2) is 0 Å². The first-order valence-corrected chi connectivity index (χ1v) is 19.6. The number of benzene rings is 9. The molecule has 1 aliphatic rings. The summed E-state index contributed by atoms with van der Waals surface area (Å²) in [6, 6.07) is 71.6. The molecule has 10 aromatic rings. The van der Waals surface area contributed by atoms with Crippen LogP contribution in [0.1, 0.15) is 11.1 Å². The highest BCUT2D eigenvalue weighted by atomic mass is 16.3. The second-order valence-corrected chi connectivity index (χ2v) is 14.9. The number of fused-ring (bicyclic) bond motifs is 6. The number of anilines is 1. The Hall–Kier alpha value is -7.42. The molecular formula is C55H37NO. The van der Waals surface area contributed by atoms with E-state index < -0.39 is 0 Å². The minimum Gasteiger partial charge on any atom is -0.456 e. The number of rotatable bonds is 6. The maximum Gasteiger partial charge on any atom is 0.136 e. The van der Waals surface area contributed by atoms with Crippen molar-refractivity contribution in [2.75, 3.05) is 5.73 Å². The average molecular weight is 728 g/mol. The van der Waals surface area contributed by atoms with Crippen LogP contribution < -0.4 is 5.73 Å². The molecule has 0 amide bonds. The van der Waals surface area contributed by atoms with Gasteiger partial charge >= 0.3 is 0 Å². The average Bonchev–Trinajstić information content (AvgIpc) is 3.85. The second-order valence-electron chi connectivity index (χ2n) is 14.9. The van der Waals surface area contributed by atoms with E-state index in [1.165, 1.54) is 50.1 Å². The van der Waals surface area contributed by atoms with E-state index in [0.717, 1.165) is 73.0 Å². The van der Waals surface area contributed by atoms with Crippen LogP contribution >= 0.6 is 0 Å². The summed E-state index contributed by atoms with van der Waals surface area (Å²) in [5.41, 5.74) is 28.9. The molecule has 9 aromatic carbocycles. The standard InChI is InChI=1S/C55H37NO/c56-55-40(35-17-4-1-5-18-35)31-32-45(54(55)43-26-13-12-25-41(43)42-28-16-30-50-52(42)44-27-14-15-29-49(44)57-50)53-48-33-38-23-10-11-24-39(38)47(48)34-46(36-19-6-2-7-20-36)51(53)37-21-8-3-9-22-37/h1-32,34H,33,56H2. The summed E-state index contributed by atoms with van der Waals surface area (Å²) in [7, 11) is 0. The Bertz CT molecular complexity index is 3140. The SMILES string of the molecule is Nc1c(-c2ccccc2)ccc(-c2c3c(cc(-c4ccccc4)c2-c2ccccc2)-c2ccccc2C3)c1-c1ccccc1-c1cccc2oc3ccccc3c12. The van der Waals surface area contributed by atoms with Gasteiger partial charge in [-0.3, -0.25) is 0 Å². The van der Waals surface area contributed by atoms with E-state index in [9.17, 15) is 0 Å². The summed E-state index contributed by atoms with van der Waals surface area (Å²) in [6.45, 7) is 0. The summed E-state index contributed by atoms with van der Waals surface area (Å²) in [5, 5.41) is 2.20. The van der Waals surface area contributed by atoms with Gasteiger partial charge in [-0.1, -0.05) is 182 Å². The van der Waals surface area contributed by atoms with Crippen molar-refractivity contribution in [3.8, 4) is 77.9 Å². The molecule has 0 bridgehead atoms. The third kappa shape index (κ3) is 5.33. The van der Waals surface area contributed by atoms with E-state index in [1.54, 1.807) is 0 Å². The third-order valence-corrected chi connectivity index (χ3v) is 11.7. The number of furan rings is 1. The highest BCUT2D eigenvalue weighted by molar-refractivity contribution is 6.15. The predicted octanol–water partition coefficient (Wildman–Crippen LogP) is 14.7. The molecule has 0 saturated carbocycles. The first-order chi connectivity index (χ1) is 28.2. The smallest absolute Gasteiger partial charge is 0.136 e. The normalized spacial score (nSPS) is 11.9. The van der Waals surface area contributed by atoms with Gasteiger partial charge in [0.1, 0.15) is 11.2 Å². The van der Waals surface area contributed by atoms with Crippen LogP contribution in [0, 0.1) is 0 Å². The highest BCUT2D eigenvalue weighted by Crippen LogP contribution is 2.55. The van der Waals surface area contributed by atoms with Gasteiger partial charge in [0.25, 0.3) is 0 Å². The minimum absolute atomic E-state index is 0.753. The summed E-state index contributed by atoms with van der Waals surface area (Å²) >= 11 is 0. The molecule has 268 valence electrons. The maximum atomic E-state index is 7.66. The van der Waals surface area contributed by atoms with Crippen molar-refractivity contribution >= 4 is 27.6 Å². The number of nitrogens with two attached hydrogens (primary N) is 1. The fourth-order valence-corrected chi connectivity index (χ4v) is 9.25. The van der Waals surface area contributed by atoms with Crippen molar-refractivity contribution in [3.05, 3.63) is 211 Å². The van der Waals surface area contributed by atoms with Crippen LogP contribution in [0.3, 0.4) is 0 Å². The fraction of sp³-hybridized carbons (Fsp3) is 0.0182. The quantitative estimate of drug-likeness (QED) is 0.173. The first-order valence-electron chi connectivity index (χ1n) is 19.6. The molecule has 1 heterocycles. The van der Waals surface area contributed by atoms with E-state index in [0.29, 0.717) is 0 Å². The zero-order valence-corrected chi connectivity index (χ0v) is 31.2. The van der Waals surface area contributed by atoms with Gasteiger partial charge in [-0.2, -0.15) is 0 Å². The van der Waals surface area contributed by atoms with Crippen LogP contribution in [0.2, 0.25) is 0 Å². The molecule has 2 N–H and O–H groups in total. The van der Waals surface area contributed by atoms with Crippen molar-refractivity contribution in [3.63, 3.8) is 0 Å². The molecule has 0 unspecified atom stereocenters. The maximum absolute atomic E-state index is 7.66. The lowest BCUT2D eigenvalue weighted by Crippen LogP contribution is -2.02. The van der Waals surface area contributed by atoms with Gasteiger partial charge in [0.2, 0.25) is 0 Å². The Balaban J connectivity index is 1.29. The lowest BCUT2D eigenvalue weighted by Gasteiger charge is -2.25. The van der Waals surface area contributed by atoms with Gasteiger partial charge < -0.3 is 10.2 Å². The van der Waals surface area contributed by atoms with Gasteiger partial charge in [0, 0.05) is 27.6 Å². The Morgan fingerprint density at radius 3 is 1.67 bits per heavy atom. The van der Waals surface area contributed by atoms with Crippen LogP contribution in [0.5, 0.6) is 0 Å². The van der Waals surface area contributed by atoms with Crippen molar-refractivity contribution in [1.82, 2.24) is 0 Å². The number of hydrogen-bond donors (Lipinski definition) is 1. The minimum atomic E-state index is 0.753. The van der Waals surface area contributed by atoms with E-state index in [-0.39, 0.29) is 0 Å². The summed E-state index contributed by atoms with van der Waals surface area (Å²) < 4.78 is 6.43. The monoisotopic (exact) mass is 727 g/mol. The predicted molar refractivity (Wildman–Crippen MR) is 239 cm³/mol. The van der Waals surface area contributed by atoms with Crippen molar-refractivity contribution < 1.29 is 4.42 Å². The van der Waals surface area contributed by atoms with Crippen LogP contribution in [0.15, 0.2) is 205 Å². The van der Waals surface area contributed by atoms with E-state index in [2.05, 4.69) is 188 Å². The van der Waals surface area contributed by atoms with Crippen molar-refractivity contribution in [1.29, 1.82) is 0 Å². The van der Waals surface area contributed by atoms with Crippen LogP contribution in [-0.2, 0) is 6.42 Å². The van der Waals surface area contributed by atoms with Gasteiger partial charge in [0.15, 0.2) is 0 Å². The first kappa shape index (κ1) is 33.0. The Labute approximate surface area is 332 Å². The fourth-order valence-electron chi connectivity index (χ4n) is 9.25. The van der Waals surface area contributed by atoms with Gasteiger partial charge in [-0.25, -0.2) is 0 Å². The van der Waals surface area contributed by atoms with Gasteiger partial charge in [-0.15, -0.1) is 0 Å². The Morgan fingerprint density at radius 2 is 0.912 bits per heavy atom. The highest BCUT2D eigenvalue weighted by Gasteiger charge is 2.30.